The van der Waals surface area contributed by atoms with Crippen molar-refractivity contribution in [3.05, 3.63) is 47.6 Å². The first-order chi connectivity index (χ1) is 30.7. The Labute approximate surface area is 388 Å². The first-order valence-corrected chi connectivity index (χ1v) is 24.2. The molecule has 2 N–H and O–H groups in total. The number of esters is 1. The lowest BCUT2D eigenvalue weighted by Gasteiger charge is -2.42. The largest absolute Gasteiger partial charge is 0.460 e. The van der Waals surface area contributed by atoms with Crippen LogP contribution in [-0.2, 0) is 47.7 Å². The second-order valence-electron chi connectivity index (χ2n) is 20.0. The summed E-state index contributed by atoms with van der Waals surface area (Å²) >= 11 is 0. The van der Waals surface area contributed by atoms with Crippen LogP contribution < -0.4 is 0 Å². The van der Waals surface area contributed by atoms with E-state index in [1.807, 2.05) is 58.1 Å². The number of rotatable bonds is 6. The number of ketones is 3. The van der Waals surface area contributed by atoms with Crippen LogP contribution in [0, 0.1) is 41.4 Å². The highest BCUT2D eigenvalue weighted by Gasteiger charge is 2.53. The van der Waals surface area contributed by atoms with E-state index in [0.29, 0.717) is 56.4 Å². The number of nitrogens with zero attached hydrogens (tertiary/aromatic N) is 1. The molecule has 3 fully saturated rings. The van der Waals surface area contributed by atoms with E-state index in [9.17, 15) is 34.2 Å². The first kappa shape index (κ1) is 54.3. The van der Waals surface area contributed by atoms with E-state index in [4.69, 9.17) is 23.7 Å². The van der Waals surface area contributed by atoms with Gasteiger partial charge in [-0.1, -0.05) is 78.0 Å². The Morgan fingerprint density at radius 1 is 0.846 bits per heavy atom. The summed E-state index contributed by atoms with van der Waals surface area (Å²) < 4.78 is 29.7. The molecule has 0 aromatic carbocycles. The maximum Gasteiger partial charge on any atom is 0.329 e. The molecule has 3 aliphatic heterocycles. The Morgan fingerprint density at radius 2 is 1.57 bits per heavy atom. The van der Waals surface area contributed by atoms with Gasteiger partial charge in [-0.25, -0.2) is 4.79 Å². The second-order valence-corrected chi connectivity index (χ2v) is 20.0. The van der Waals surface area contributed by atoms with Gasteiger partial charge in [-0.2, -0.15) is 0 Å². The molecule has 13 nitrogen and oxygen atoms in total. The van der Waals surface area contributed by atoms with Gasteiger partial charge in [0.25, 0.3) is 11.7 Å². The molecule has 0 radical (unpaired) electrons. The Hall–Kier alpha value is -3.33. The van der Waals surface area contributed by atoms with Crippen LogP contribution in [0.4, 0.5) is 0 Å². The van der Waals surface area contributed by atoms with E-state index in [0.717, 1.165) is 24.8 Å². The Balaban J connectivity index is 1.70. The van der Waals surface area contributed by atoms with Crippen molar-refractivity contribution in [3.63, 3.8) is 0 Å². The predicted octanol–water partition coefficient (Wildman–Crippen LogP) is 7.46. The van der Waals surface area contributed by atoms with Gasteiger partial charge in [-0.05, 0) is 113 Å². The number of hydrogen-bond acceptors (Lipinski definition) is 12. The number of piperidine rings is 1. The Morgan fingerprint density at radius 3 is 2.25 bits per heavy atom. The standard InChI is InChI=1S/C52H81NO12/c1-31-17-13-12-14-18-32(2)44(62-10)29-40-23-21-38(8)52(60,65-40)49(57)50(58)53-24-16-15-19-41(53)51(59)64-45(35(5)27-39-22-20-33(3)43(28-39)61-9)30-42(54)34(4)26-37(7)47(56)48(63-11)46(55)36(6)25-31/h12-14,17-18,26,31,33-36,38-41,43-45,47-48,56,60H,15-16,19-25,27-30H2,1-11H3/b14-12+,17-13+,32-18+,37-26+/t31-,33+,34-,35-,36-,38-,39+,40+,41+,43?,44+,45+,47-,48+,52-/m1/s1. The van der Waals surface area contributed by atoms with Crippen LogP contribution in [0.2, 0.25) is 0 Å². The van der Waals surface area contributed by atoms with Crippen molar-refractivity contribution in [2.45, 2.75) is 181 Å². The summed E-state index contributed by atoms with van der Waals surface area (Å²) in [6.45, 7) is 15.1. The number of methoxy groups -OCH3 is 3. The molecule has 13 heteroatoms. The summed E-state index contributed by atoms with van der Waals surface area (Å²) in [4.78, 5) is 71.9. The van der Waals surface area contributed by atoms with E-state index >= 15 is 0 Å². The fraction of sp³-hybridized carbons (Fsp3) is 0.750. The highest BCUT2D eigenvalue weighted by molar-refractivity contribution is 6.39. The average Bonchev–Trinajstić information content (AvgIpc) is 3.28. The second kappa shape index (κ2) is 25.2. The minimum Gasteiger partial charge on any atom is -0.460 e. The fourth-order valence-electron chi connectivity index (χ4n) is 10.4. The van der Waals surface area contributed by atoms with Crippen LogP contribution in [0.3, 0.4) is 0 Å². The van der Waals surface area contributed by atoms with Crippen molar-refractivity contribution < 1.29 is 57.9 Å². The molecular formula is C52H81NO12. The highest BCUT2D eigenvalue weighted by atomic mass is 16.6. The molecule has 4 rings (SSSR count). The van der Waals surface area contributed by atoms with Gasteiger partial charge in [-0.15, -0.1) is 0 Å². The number of fused-ring (bicyclic) bond motifs is 3. The van der Waals surface area contributed by atoms with Crippen molar-refractivity contribution in [2.24, 2.45) is 41.4 Å². The smallest absolute Gasteiger partial charge is 0.329 e. The number of aliphatic hydroxyl groups excluding tert-OH is 1. The summed E-state index contributed by atoms with van der Waals surface area (Å²) in [6, 6.07) is -1.11. The summed E-state index contributed by atoms with van der Waals surface area (Å²) in [5.74, 6) is -7.07. The summed E-state index contributed by atoms with van der Waals surface area (Å²) in [5, 5.41) is 23.4. The Bertz CT molecular complexity index is 1750. The van der Waals surface area contributed by atoms with E-state index in [2.05, 4.69) is 6.92 Å². The fourth-order valence-corrected chi connectivity index (χ4v) is 10.4. The number of cyclic esters (lactones) is 1. The SMILES string of the molecule is COC1C[C@H](C[C@@H](C)[C@@H]2CC(=O)[C@H](C)/C=C(\C)[C@@H](O)[C@@H](OC)C(=O)[C@H](C)C[C@H](C)/C=C/C=C/C=C(\C)[C@@H](OC)C[C@@H]3CC[C@@H](C)[C@@](O)(O3)C(=O)C(=O)N3CCCC[C@H]3C(=O)O2)CC[C@@H]1C. The number of allylic oxidation sites excluding steroid dienone is 6. The van der Waals surface area contributed by atoms with Crippen LogP contribution in [0.25, 0.3) is 0 Å². The molecule has 0 aromatic rings. The molecule has 2 bridgehead atoms. The summed E-state index contributed by atoms with van der Waals surface area (Å²) in [5.41, 5.74) is 1.30. The molecule has 1 saturated carbocycles. The molecule has 0 aromatic heterocycles. The molecular weight excluding hydrogens is 831 g/mol. The molecule has 1 amide bonds. The van der Waals surface area contributed by atoms with Crippen LogP contribution >= 0.6 is 0 Å². The zero-order valence-corrected chi connectivity index (χ0v) is 41.2. The minimum absolute atomic E-state index is 0.0304. The Kier molecular flexibility index (Phi) is 21.0. The van der Waals surface area contributed by atoms with Crippen LogP contribution in [-0.4, -0.2) is 121 Å². The van der Waals surface area contributed by atoms with Crippen LogP contribution in [0.5, 0.6) is 0 Å². The maximum atomic E-state index is 14.4. The third-order valence-corrected chi connectivity index (χ3v) is 14.8. The lowest BCUT2D eigenvalue weighted by Crippen LogP contribution is -2.61. The topological polar surface area (TPSA) is 175 Å². The number of ether oxygens (including phenoxy) is 5. The van der Waals surface area contributed by atoms with Crippen LogP contribution in [0.1, 0.15) is 132 Å². The quantitative estimate of drug-likeness (QED) is 0.153. The van der Waals surface area contributed by atoms with Gasteiger partial charge >= 0.3 is 5.97 Å². The number of hydrogen-bond donors (Lipinski definition) is 2. The predicted molar refractivity (Wildman–Crippen MR) is 248 cm³/mol. The summed E-state index contributed by atoms with van der Waals surface area (Å²) in [6.07, 6.45) is 13.6. The highest BCUT2D eigenvalue weighted by Crippen LogP contribution is 2.38. The van der Waals surface area contributed by atoms with Crippen molar-refractivity contribution in [1.29, 1.82) is 0 Å². The lowest BCUT2D eigenvalue weighted by atomic mass is 9.76. The zero-order valence-electron chi connectivity index (χ0n) is 41.2. The van der Waals surface area contributed by atoms with E-state index in [1.165, 1.54) is 12.0 Å². The third-order valence-electron chi connectivity index (χ3n) is 14.8. The van der Waals surface area contributed by atoms with E-state index in [1.54, 1.807) is 41.1 Å². The number of amides is 1. The number of aliphatic hydroxyl groups is 2. The molecule has 2 saturated heterocycles. The monoisotopic (exact) mass is 912 g/mol. The maximum absolute atomic E-state index is 14.4. The number of carbonyl (C=O) groups is 5. The average molecular weight is 912 g/mol. The van der Waals surface area contributed by atoms with Crippen molar-refractivity contribution in [1.82, 2.24) is 4.90 Å². The van der Waals surface area contributed by atoms with Crippen LogP contribution in [0.15, 0.2) is 47.6 Å². The van der Waals surface area contributed by atoms with E-state index in [-0.39, 0.29) is 54.8 Å². The zero-order chi connectivity index (χ0) is 48.2. The number of Topliss-reactive ketones (excluding diaryl/α,β-unsaturated/α-hetero) is 3. The molecule has 366 valence electrons. The van der Waals surface area contributed by atoms with Gasteiger partial charge in [0.1, 0.15) is 30.1 Å². The molecule has 4 aliphatic rings. The van der Waals surface area contributed by atoms with E-state index < -0.39 is 77.8 Å². The minimum atomic E-state index is -2.41. The van der Waals surface area contributed by atoms with Crippen molar-refractivity contribution in [2.75, 3.05) is 27.9 Å². The van der Waals surface area contributed by atoms with Gasteiger partial charge in [-0.3, -0.25) is 19.2 Å². The normalized spacial score (nSPS) is 40.4. The molecule has 0 spiro atoms. The van der Waals surface area contributed by atoms with Gasteiger partial charge < -0.3 is 38.8 Å². The lowest BCUT2D eigenvalue weighted by molar-refractivity contribution is -0.265. The summed E-state index contributed by atoms with van der Waals surface area (Å²) in [7, 11) is 4.70. The van der Waals surface area contributed by atoms with Gasteiger partial charge in [0.2, 0.25) is 5.79 Å². The number of carbonyl (C=O) groups excluding carboxylic acids is 5. The van der Waals surface area contributed by atoms with Gasteiger partial charge in [0.15, 0.2) is 5.78 Å². The van der Waals surface area contributed by atoms with Crippen molar-refractivity contribution >= 4 is 29.2 Å². The van der Waals surface area contributed by atoms with Gasteiger partial charge in [0.05, 0.1) is 18.3 Å². The molecule has 65 heavy (non-hydrogen) atoms. The molecule has 15 atom stereocenters. The molecule has 3 heterocycles. The van der Waals surface area contributed by atoms with Crippen molar-refractivity contribution in [3.8, 4) is 0 Å². The molecule has 1 unspecified atom stereocenters. The molecule has 1 aliphatic carbocycles. The van der Waals surface area contributed by atoms with Gasteiger partial charge in [0, 0.05) is 58.5 Å². The third kappa shape index (κ3) is 14.3. The first-order valence-electron chi connectivity index (χ1n) is 24.2.